The third-order valence-corrected chi connectivity index (χ3v) is 4.30. The zero-order chi connectivity index (χ0) is 19.4. The molecule has 0 aliphatic rings. The Labute approximate surface area is 157 Å². The van der Waals surface area contributed by atoms with Crippen molar-refractivity contribution in [3.63, 3.8) is 0 Å². The van der Waals surface area contributed by atoms with Crippen molar-refractivity contribution in [3.05, 3.63) is 84.2 Å². The van der Waals surface area contributed by atoms with Gasteiger partial charge in [0.05, 0.1) is 5.56 Å². The number of carbonyl (C=O) groups is 2. The number of nitrogens with one attached hydrogen (secondary N) is 1. The van der Waals surface area contributed by atoms with Gasteiger partial charge in [-0.1, -0.05) is 36.4 Å². The molecule has 0 bridgehead atoms. The van der Waals surface area contributed by atoms with Crippen molar-refractivity contribution in [2.24, 2.45) is 0 Å². The maximum absolute atomic E-state index is 13.8. The van der Waals surface area contributed by atoms with E-state index in [9.17, 15) is 14.0 Å². The molecule has 4 nitrogen and oxygen atoms in total. The number of nitrogens with zero attached hydrogens (tertiary/aromatic N) is 1. The quantitative estimate of drug-likeness (QED) is 0.730. The molecule has 0 spiro atoms. The van der Waals surface area contributed by atoms with E-state index in [0.717, 1.165) is 11.3 Å². The summed E-state index contributed by atoms with van der Waals surface area (Å²) in [6.45, 7) is 1.48. The van der Waals surface area contributed by atoms with Crippen molar-refractivity contribution in [1.82, 2.24) is 0 Å². The van der Waals surface area contributed by atoms with Crippen LogP contribution in [0.5, 0.6) is 0 Å². The maximum Gasteiger partial charge on any atom is 0.256 e. The Morgan fingerprint density at radius 2 is 1.59 bits per heavy atom. The first kappa shape index (κ1) is 18.3. The van der Waals surface area contributed by atoms with E-state index in [2.05, 4.69) is 5.32 Å². The first-order valence-corrected chi connectivity index (χ1v) is 8.46. The lowest BCUT2D eigenvalue weighted by molar-refractivity contribution is -0.116. The highest BCUT2D eigenvalue weighted by atomic mass is 19.1. The monoisotopic (exact) mass is 362 g/mol. The molecule has 3 aromatic rings. The second-order valence-corrected chi connectivity index (χ2v) is 6.13. The number of carbonyl (C=O) groups excluding carboxylic acids is 2. The van der Waals surface area contributed by atoms with Gasteiger partial charge in [0, 0.05) is 25.3 Å². The fourth-order valence-electron chi connectivity index (χ4n) is 2.72. The molecule has 0 aliphatic carbocycles. The van der Waals surface area contributed by atoms with Gasteiger partial charge in [0.2, 0.25) is 5.91 Å². The molecule has 2 amide bonds. The van der Waals surface area contributed by atoms with Crippen LogP contribution in [0.25, 0.3) is 11.1 Å². The lowest BCUT2D eigenvalue weighted by Crippen LogP contribution is -2.22. The molecular formula is C22H19FN2O2. The lowest BCUT2D eigenvalue weighted by Gasteiger charge is -2.16. The van der Waals surface area contributed by atoms with Gasteiger partial charge in [0.1, 0.15) is 5.82 Å². The Hall–Kier alpha value is -3.47. The first-order valence-electron chi connectivity index (χ1n) is 8.46. The van der Waals surface area contributed by atoms with Gasteiger partial charge in [-0.25, -0.2) is 4.39 Å². The maximum atomic E-state index is 13.8. The van der Waals surface area contributed by atoms with E-state index in [0.29, 0.717) is 11.3 Å². The van der Waals surface area contributed by atoms with Crippen molar-refractivity contribution < 1.29 is 14.0 Å². The summed E-state index contributed by atoms with van der Waals surface area (Å²) >= 11 is 0. The number of anilines is 2. The highest BCUT2D eigenvalue weighted by Crippen LogP contribution is 2.26. The molecule has 0 saturated carbocycles. The van der Waals surface area contributed by atoms with E-state index >= 15 is 0 Å². The SMILES string of the molecule is CC(=O)N(C)c1ccc(NC(=O)c2cc(F)ccc2-c2ccccc2)cc1. The van der Waals surface area contributed by atoms with Gasteiger partial charge in [-0.05, 0) is 47.5 Å². The Bertz CT molecular complexity index is 969. The average molecular weight is 362 g/mol. The Kier molecular flexibility index (Phi) is 5.31. The van der Waals surface area contributed by atoms with Crippen LogP contribution in [0.1, 0.15) is 17.3 Å². The van der Waals surface area contributed by atoms with Crippen LogP contribution >= 0.6 is 0 Å². The summed E-state index contributed by atoms with van der Waals surface area (Å²) in [4.78, 5) is 25.7. The molecule has 0 fully saturated rings. The molecule has 0 saturated heterocycles. The number of amides is 2. The van der Waals surface area contributed by atoms with Crippen molar-refractivity contribution in [2.75, 3.05) is 17.3 Å². The van der Waals surface area contributed by atoms with E-state index in [1.807, 2.05) is 30.3 Å². The minimum Gasteiger partial charge on any atom is -0.322 e. The van der Waals surface area contributed by atoms with E-state index < -0.39 is 11.7 Å². The highest BCUT2D eigenvalue weighted by molar-refractivity contribution is 6.08. The third kappa shape index (κ3) is 4.20. The normalized spacial score (nSPS) is 10.3. The summed E-state index contributed by atoms with van der Waals surface area (Å²) in [5, 5.41) is 2.78. The highest BCUT2D eigenvalue weighted by Gasteiger charge is 2.15. The van der Waals surface area contributed by atoms with Gasteiger partial charge in [-0.15, -0.1) is 0 Å². The van der Waals surface area contributed by atoms with Gasteiger partial charge in [-0.3, -0.25) is 9.59 Å². The van der Waals surface area contributed by atoms with Crippen molar-refractivity contribution in [1.29, 1.82) is 0 Å². The second-order valence-electron chi connectivity index (χ2n) is 6.13. The van der Waals surface area contributed by atoms with E-state index in [1.165, 1.54) is 24.0 Å². The van der Waals surface area contributed by atoms with Crippen LogP contribution in [-0.2, 0) is 4.79 Å². The molecule has 0 aliphatic heterocycles. The molecule has 0 atom stereocenters. The molecule has 5 heteroatoms. The van der Waals surface area contributed by atoms with Gasteiger partial charge < -0.3 is 10.2 Å². The molecular weight excluding hydrogens is 343 g/mol. The minimum absolute atomic E-state index is 0.0842. The number of benzene rings is 3. The lowest BCUT2D eigenvalue weighted by atomic mass is 9.99. The molecule has 3 rings (SSSR count). The molecule has 27 heavy (non-hydrogen) atoms. The van der Waals surface area contributed by atoms with Gasteiger partial charge in [0.25, 0.3) is 5.91 Å². The Balaban J connectivity index is 1.86. The van der Waals surface area contributed by atoms with Crippen LogP contribution in [0.15, 0.2) is 72.8 Å². The van der Waals surface area contributed by atoms with Crippen LogP contribution in [-0.4, -0.2) is 18.9 Å². The van der Waals surface area contributed by atoms with Crippen LogP contribution in [0, 0.1) is 5.82 Å². The average Bonchev–Trinajstić information content (AvgIpc) is 2.68. The summed E-state index contributed by atoms with van der Waals surface area (Å²) in [7, 11) is 1.68. The predicted molar refractivity (Wildman–Crippen MR) is 105 cm³/mol. The number of hydrogen-bond acceptors (Lipinski definition) is 2. The standard InChI is InChI=1S/C22H19FN2O2/c1-15(26)25(2)19-11-9-18(10-12-19)24-22(27)21-14-17(23)8-13-20(21)16-6-4-3-5-7-16/h3-14H,1-2H3,(H,24,27). The summed E-state index contributed by atoms with van der Waals surface area (Å²) in [6.07, 6.45) is 0. The molecule has 0 unspecified atom stereocenters. The van der Waals surface area contributed by atoms with Gasteiger partial charge in [0.15, 0.2) is 0 Å². The van der Waals surface area contributed by atoms with E-state index in [1.54, 1.807) is 37.4 Å². The Morgan fingerprint density at radius 3 is 2.22 bits per heavy atom. The molecule has 136 valence electrons. The third-order valence-electron chi connectivity index (χ3n) is 4.30. The molecule has 1 N–H and O–H groups in total. The van der Waals surface area contributed by atoms with Crippen LogP contribution in [0.3, 0.4) is 0 Å². The summed E-state index contributed by atoms with van der Waals surface area (Å²) in [5.41, 5.74) is 3.02. The van der Waals surface area contributed by atoms with Gasteiger partial charge in [-0.2, -0.15) is 0 Å². The van der Waals surface area contributed by atoms with E-state index in [4.69, 9.17) is 0 Å². The van der Waals surface area contributed by atoms with E-state index in [-0.39, 0.29) is 11.5 Å². The first-order chi connectivity index (χ1) is 13.0. The fourth-order valence-corrected chi connectivity index (χ4v) is 2.72. The molecule has 0 aromatic heterocycles. The number of rotatable bonds is 4. The minimum atomic E-state index is -0.474. The smallest absolute Gasteiger partial charge is 0.256 e. The van der Waals surface area contributed by atoms with Crippen LogP contribution < -0.4 is 10.2 Å². The van der Waals surface area contributed by atoms with Crippen molar-refractivity contribution in [3.8, 4) is 11.1 Å². The summed E-state index contributed by atoms with van der Waals surface area (Å²) in [6, 6.07) is 20.4. The Morgan fingerprint density at radius 1 is 0.926 bits per heavy atom. The number of hydrogen-bond donors (Lipinski definition) is 1. The zero-order valence-corrected chi connectivity index (χ0v) is 15.1. The van der Waals surface area contributed by atoms with Gasteiger partial charge >= 0.3 is 0 Å². The van der Waals surface area contributed by atoms with Crippen LogP contribution in [0.4, 0.5) is 15.8 Å². The topological polar surface area (TPSA) is 49.4 Å². The summed E-state index contributed by atoms with van der Waals surface area (Å²) < 4.78 is 13.8. The van der Waals surface area contributed by atoms with Crippen LogP contribution in [0.2, 0.25) is 0 Å². The number of halogens is 1. The summed E-state index contributed by atoms with van der Waals surface area (Å²) in [5.74, 6) is -0.960. The van der Waals surface area contributed by atoms with Crippen molar-refractivity contribution in [2.45, 2.75) is 6.92 Å². The second kappa shape index (κ2) is 7.83. The van der Waals surface area contributed by atoms with Crippen molar-refractivity contribution >= 4 is 23.2 Å². The largest absolute Gasteiger partial charge is 0.322 e. The fraction of sp³-hybridized carbons (Fsp3) is 0.0909. The molecule has 0 radical (unpaired) electrons. The predicted octanol–water partition coefficient (Wildman–Crippen LogP) is 4.73. The molecule has 3 aromatic carbocycles. The zero-order valence-electron chi connectivity index (χ0n) is 15.1. The molecule has 0 heterocycles.